The number of nitrogens with zero attached hydrogens (tertiary/aromatic N) is 2. The van der Waals surface area contributed by atoms with Crippen molar-refractivity contribution in [3.8, 4) is 5.75 Å². The summed E-state index contributed by atoms with van der Waals surface area (Å²) in [5.74, 6) is 0.566. The standard InChI is InChI=1S/C10H10N2O2/c1-10(11-12-10)8-4-3-7(6-13)9(5-8)14-2/h3-6H,1-2H3. The van der Waals surface area contributed by atoms with Gasteiger partial charge in [0.15, 0.2) is 6.29 Å². The van der Waals surface area contributed by atoms with Crippen molar-refractivity contribution in [2.45, 2.75) is 12.6 Å². The third-order valence-corrected chi connectivity index (χ3v) is 2.31. The van der Waals surface area contributed by atoms with Gasteiger partial charge in [0.25, 0.3) is 0 Å². The van der Waals surface area contributed by atoms with Gasteiger partial charge in [0.05, 0.1) is 12.7 Å². The lowest BCUT2D eigenvalue weighted by atomic mass is 10.0. The van der Waals surface area contributed by atoms with Crippen LogP contribution in [0.2, 0.25) is 0 Å². The van der Waals surface area contributed by atoms with E-state index in [4.69, 9.17) is 4.74 Å². The molecule has 0 radical (unpaired) electrons. The largest absolute Gasteiger partial charge is 0.496 e. The molecule has 0 unspecified atom stereocenters. The van der Waals surface area contributed by atoms with Crippen LogP contribution < -0.4 is 4.74 Å². The van der Waals surface area contributed by atoms with Gasteiger partial charge in [-0.05, 0) is 19.1 Å². The fraction of sp³-hybridized carbons (Fsp3) is 0.300. The molecule has 72 valence electrons. The van der Waals surface area contributed by atoms with Crippen molar-refractivity contribution in [1.82, 2.24) is 0 Å². The van der Waals surface area contributed by atoms with E-state index in [9.17, 15) is 4.79 Å². The van der Waals surface area contributed by atoms with Gasteiger partial charge < -0.3 is 4.74 Å². The van der Waals surface area contributed by atoms with Crippen LogP contribution in [0.4, 0.5) is 0 Å². The Morgan fingerprint density at radius 3 is 2.64 bits per heavy atom. The smallest absolute Gasteiger partial charge is 0.213 e. The van der Waals surface area contributed by atoms with Gasteiger partial charge in [-0.25, -0.2) is 0 Å². The maximum absolute atomic E-state index is 10.6. The summed E-state index contributed by atoms with van der Waals surface area (Å²) in [6.07, 6.45) is 0.770. The average Bonchev–Trinajstić information content (AvgIpc) is 2.97. The molecule has 1 aromatic rings. The maximum Gasteiger partial charge on any atom is 0.213 e. The van der Waals surface area contributed by atoms with Gasteiger partial charge in [-0.1, -0.05) is 6.07 Å². The third-order valence-electron chi connectivity index (χ3n) is 2.31. The van der Waals surface area contributed by atoms with E-state index < -0.39 is 5.66 Å². The molecule has 1 aliphatic heterocycles. The molecule has 0 fully saturated rings. The SMILES string of the molecule is COc1cc(C2(C)N=N2)ccc1C=O. The van der Waals surface area contributed by atoms with Crippen molar-refractivity contribution in [2.75, 3.05) is 7.11 Å². The first-order valence-electron chi connectivity index (χ1n) is 4.27. The second kappa shape index (κ2) is 2.90. The van der Waals surface area contributed by atoms with E-state index in [2.05, 4.69) is 10.2 Å². The highest BCUT2D eigenvalue weighted by molar-refractivity contribution is 5.79. The molecule has 4 heteroatoms. The molecule has 1 aromatic carbocycles. The molecule has 0 N–H and O–H groups in total. The highest BCUT2D eigenvalue weighted by Gasteiger charge is 2.36. The van der Waals surface area contributed by atoms with E-state index >= 15 is 0 Å². The van der Waals surface area contributed by atoms with E-state index in [1.165, 1.54) is 7.11 Å². The van der Waals surface area contributed by atoms with Crippen LogP contribution >= 0.6 is 0 Å². The van der Waals surface area contributed by atoms with Gasteiger partial charge in [-0.2, -0.15) is 10.2 Å². The molecular formula is C10H10N2O2. The predicted octanol–water partition coefficient (Wildman–Crippen LogP) is 2.15. The topological polar surface area (TPSA) is 51.0 Å². The minimum absolute atomic E-state index is 0.422. The van der Waals surface area contributed by atoms with Crippen molar-refractivity contribution in [3.05, 3.63) is 29.3 Å². The van der Waals surface area contributed by atoms with Gasteiger partial charge in [0.2, 0.25) is 5.66 Å². The molecule has 0 saturated carbocycles. The monoisotopic (exact) mass is 190 g/mol. The summed E-state index contributed by atoms with van der Waals surface area (Å²) < 4.78 is 5.09. The third kappa shape index (κ3) is 1.28. The molecule has 0 bridgehead atoms. The van der Waals surface area contributed by atoms with Gasteiger partial charge in [-0.3, -0.25) is 4.79 Å². The fourth-order valence-corrected chi connectivity index (χ4v) is 1.29. The zero-order chi connectivity index (χ0) is 10.2. The summed E-state index contributed by atoms with van der Waals surface area (Å²) in [7, 11) is 1.54. The van der Waals surface area contributed by atoms with E-state index in [-0.39, 0.29) is 0 Å². The number of rotatable bonds is 3. The number of carbonyl (C=O) groups excluding carboxylic acids is 1. The second-order valence-electron chi connectivity index (χ2n) is 3.30. The highest BCUT2D eigenvalue weighted by atomic mass is 16.5. The number of hydrogen-bond acceptors (Lipinski definition) is 4. The van der Waals surface area contributed by atoms with Crippen LogP contribution in [0.1, 0.15) is 22.8 Å². The quantitative estimate of drug-likeness (QED) is 0.685. The van der Waals surface area contributed by atoms with Crippen molar-refractivity contribution in [2.24, 2.45) is 10.2 Å². The summed E-state index contributed by atoms with van der Waals surface area (Å²) in [5.41, 5.74) is 1.06. The summed E-state index contributed by atoms with van der Waals surface area (Å²) in [6.45, 7) is 1.91. The van der Waals surface area contributed by atoms with E-state index in [0.717, 1.165) is 11.8 Å². The minimum atomic E-state index is -0.422. The first-order chi connectivity index (χ1) is 6.69. The summed E-state index contributed by atoms with van der Waals surface area (Å²) >= 11 is 0. The Bertz CT molecular complexity index is 407. The molecule has 0 saturated heterocycles. The lowest BCUT2D eigenvalue weighted by Crippen LogP contribution is -2.03. The lowest BCUT2D eigenvalue weighted by Gasteiger charge is -2.08. The molecule has 4 nitrogen and oxygen atoms in total. The van der Waals surface area contributed by atoms with Crippen molar-refractivity contribution < 1.29 is 9.53 Å². The Balaban J connectivity index is 2.41. The molecule has 0 spiro atoms. The van der Waals surface area contributed by atoms with Crippen LogP contribution in [-0.4, -0.2) is 13.4 Å². The van der Waals surface area contributed by atoms with Crippen LogP contribution in [0.3, 0.4) is 0 Å². The number of benzene rings is 1. The molecule has 14 heavy (non-hydrogen) atoms. The Labute approximate surface area is 81.6 Å². The predicted molar refractivity (Wildman–Crippen MR) is 50.6 cm³/mol. The Hall–Kier alpha value is -1.71. The zero-order valence-electron chi connectivity index (χ0n) is 8.02. The number of ether oxygens (including phenoxy) is 1. The number of aldehydes is 1. The summed E-state index contributed by atoms with van der Waals surface area (Å²) in [4.78, 5) is 10.6. The van der Waals surface area contributed by atoms with Gasteiger partial charge >= 0.3 is 0 Å². The number of hydrogen-bond donors (Lipinski definition) is 0. The zero-order valence-corrected chi connectivity index (χ0v) is 8.02. The van der Waals surface area contributed by atoms with Crippen LogP contribution in [0.15, 0.2) is 28.4 Å². The molecule has 2 rings (SSSR count). The first-order valence-corrected chi connectivity index (χ1v) is 4.27. The Kier molecular flexibility index (Phi) is 1.84. The van der Waals surface area contributed by atoms with Gasteiger partial charge in [-0.15, -0.1) is 0 Å². The van der Waals surface area contributed by atoms with E-state index in [1.807, 2.05) is 13.0 Å². The molecule has 0 atom stereocenters. The lowest BCUT2D eigenvalue weighted by molar-refractivity contribution is 0.112. The molecular weight excluding hydrogens is 180 g/mol. The Morgan fingerprint density at radius 1 is 1.43 bits per heavy atom. The average molecular weight is 190 g/mol. The molecule has 0 aliphatic carbocycles. The molecule has 0 amide bonds. The maximum atomic E-state index is 10.6. The highest BCUT2D eigenvalue weighted by Crippen LogP contribution is 2.40. The van der Waals surface area contributed by atoms with Crippen LogP contribution in [0, 0.1) is 0 Å². The Morgan fingerprint density at radius 2 is 2.14 bits per heavy atom. The van der Waals surface area contributed by atoms with Crippen molar-refractivity contribution in [1.29, 1.82) is 0 Å². The summed E-state index contributed by atoms with van der Waals surface area (Å²) in [5, 5.41) is 7.83. The molecule has 1 heterocycles. The second-order valence-corrected chi connectivity index (χ2v) is 3.30. The normalized spacial score (nSPS) is 16.4. The van der Waals surface area contributed by atoms with Crippen LogP contribution in [-0.2, 0) is 5.66 Å². The van der Waals surface area contributed by atoms with Crippen molar-refractivity contribution >= 4 is 6.29 Å². The van der Waals surface area contributed by atoms with Gasteiger partial charge in [0.1, 0.15) is 5.75 Å². The van der Waals surface area contributed by atoms with Crippen LogP contribution in [0.25, 0.3) is 0 Å². The number of carbonyl (C=O) groups is 1. The van der Waals surface area contributed by atoms with Crippen molar-refractivity contribution in [3.63, 3.8) is 0 Å². The summed E-state index contributed by atoms with van der Waals surface area (Å²) in [6, 6.07) is 5.35. The van der Waals surface area contributed by atoms with E-state index in [1.54, 1.807) is 12.1 Å². The van der Waals surface area contributed by atoms with E-state index in [0.29, 0.717) is 11.3 Å². The molecule has 0 aromatic heterocycles. The fourth-order valence-electron chi connectivity index (χ4n) is 1.29. The van der Waals surface area contributed by atoms with Gasteiger partial charge in [0, 0.05) is 5.56 Å². The number of methoxy groups -OCH3 is 1. The van der Waals surface area contributed by atoms with Crippen LogP contribution in [0.5, 0.6) is 5.75 Å². The molecule has 1 aliphatic rings. The minimum Gasteiger partial charge on any atom is -0.496 e. The first kappa shape index (κ1) is 8.87.